The van der Waals surface area contributed by atoms with Crippen molar-refractivity contribution < 1.29 is 0 Å². The van der Waals surface area contributed by atoms with E-state index in [1.165, 1.54) is 0 Å². The van der Waals surface area contributed by atoms with Gasteiger partial charge in [0.15, 0.2) is 0 Å². The number of aryl methyl sites for hydroxylation is 3. The lowest BCUT2D eigenvalue weighted by molar-refractivity contribution is 0.550. The standard InChI is InChI=1S/C14H18Cl2N4/c1-8-6-10(4-5-12(8)15)13(18-17)7-11-9(2)19-20(3)14(11)16/h4-6,13,18H,7,17H2,1-3H3. The van der Waals surface area contributed by atoms with E-state index in [1.54, 1.807) is 4.68 Å². The van der Waals surface area contributed by atoms with Crippen molar-refractivity contribution in [3.8, 4) is 0 Å². The van der Waals surface area contributed by atoms with Crippen LogP contribution in [0.2, 0.25) is 10.2 Å². The van der Waals surface area contributed by atoms with E-state index in [1.807, 2.05) is 39.1 Å². The summed E-state index contributed by atoms with van der Waals surface area (Å²) >= 11 is 12.3. The molecular formula is C14H18Cl2N4. The largest absolute Gasteiger partial charge is 0.271 e. The Labute approximate surface area is 128 Å². The molecule has 0 aliphatic heterocycles. The molecule has 1 heterocycles. The Hall–Kier alpha value is -1.07. The number of hydrazine groups is 1. The Kier molecular flexibility index (Phi) is 4.70. The Morgan fingerprint density at radius 3 is 2.55 bits per heavy atom. The predicted molar refractivity (Wildman–Crippen MR) is 82.9 cm³/mol. The Balaban J connectivity index is 2.31. The van der Waals surface area contributed by atoms with Gasteiger partial charge in [0, 0.05) is 17.6 Å². The molecule has 0 radical (unpaired) electrons. The van der Waals surface area contributed by atoms with Gasteiger partial charge in [0.1, 0.15) is 5.15 Å². The zero-order chi connectivity index (χ0) is 14.9. The number of nitrogens with two attached hydrogens (primary N) is 1. The molecule has 4 nitrogen and oxygen atoms in total. The van der Waals surface area contributed by atoms with Crippen LogP contribution in [-0.2, 0) is 13.5 Å². The third-order valence-electron chi connectivity index (χ3n) is 3.46. The fourth-order valence-electron chi connectivity index (χ4n) is 2.27. The van der Waals surface area contributed by atoms with E-state index in [-0.39, 0.29) is 6.04 Å². The maximum atomic E-state index is 6.27. The Morgan fingerprint density at radius 1 is 1.35 bits per heavy atom. The molecule has 0 saturated heterocycles. The molecule has 20 heavy (non-hydrogen) atoms. The lowest BCUT2D eigenvalue weighted by Crippen LogP contribution is -2.29. The summed E-state index contributed by atoms with van der Waals surface area (Å²) in [6.45, 7) is 3.92. The van der Waals surface area contributed by atoms with Gasteiger partial charge in [-0.2, -0.15) is 5.10 Å². The van der Waals surface area contributed by atoms with Crippen molar-refractivity contribution in [3.63, 3.8) is 0 Å². The van der Waals surface area contributed by atoms with E-state index >= 15 is 0 Å². The van der Waals surface area contributed by atoms with Gasteiger partial charge in [0.2, 0.25) is 0 Å². The van der Waals surface area contributed by atoms with Crippen LogP contribution >= 0.6 is 23.2 Å². The molecule has 0 amide bonds. The minimum atomic E-state index is -0.0358. The maximum absolute atomic E-state index is 6.27. The van der Waals surface area contributed by atoms with E-state index in [0.29, 0.717) is 11.6 Å². The van der Waals surface area contributed by atoms with Crippen molar-refractivity contribution in [1.29, 1.82) is 0 Å². The predicted octanol–water partition coefficient (Wildman–Crippen LogP) is 3.09. The molecule has 0 aliphatic rings. The first-order valence-corrected chi connectivity index (χ1v) is 7.09. The first-order chi connectivity index (χ1) is 9.43. The highest BCUT2D eigenvalue weighted by Gasteiger charge is 2.18. The summed E-state index contributed by atoms with van der Waals surface area (Å²) in [5, 5.41) is 5.72. The lowest BCUT2D eigenvalue weighted by Gasteiger charge is -2.17. The summed E-state index contributed by atoms with van der Waals surface area (Å²) in [5.74, 6) is 5.69. The molecule has 0 spiro atoms. The highest BCUT2D eigenvalue weighted by molar-refractivity contribution is 6.31. The third kappa shape index (κ3) is 2.99. The van der Waals surface area contributed by atoms with Crippen LogP contribution < -0.4 is 11.3 Å². The number of benzene rings is 1. The lowest BCUT2D eigenvalue weighted by atomic mass is 9.98. The van der Waals surface area contributed by atoms with Crippen LogP contribution in [0.4, 0.5) is 0 Å². The molecule has 6 heteroatoms. The second kappa shape index (κ2) is 6.14. The minimum Gasteiger partial charge on any atom is -0.271 e. The molecule has 0 saturated carbocycles. The fraction of sp³-hybridized carbons (Fsp3) is 0.357. The molecule has 2 rings (SSSR count). The van der Waals surface area contributed by atoms with Crippen molar-refractivity contribution >= 4 is 23.2 Å². The van der Waals surface area contributed by atoms with Crippen LogP contribution in [0, 0.1) is 13.8 Å². The van der Waals surface area contributed by atoms with E-state index < -0.39 is 0 Å². The molecule has 3 N–H and O–H groups in total. The van der Waals surface area contributed by atoms with Crippen molar-refractivity contribution in [2.75, 3.05) is 0 Å². The van der Waals surface area contributed by atoms with Gasteiger partial charge in [0.05, 0.1) is 11.7 Å². The van der Waals surface area contributed by atoms with Crippen LogP contribution in [0.25, 0.3) is 0 Å². The summed E-state index contributed by atoms with van der Waals surface area (Å²) in [6.07, 6.45) is 0.677. The SMILES string of the molecule is Cc1cc(C(Cc2c(C)nn(C)c2Cl)NN)ccc1Cl. The summed E-state index contributed by atoms with van der Waals surface area (Å²) in [7, 11) is 1.83. The van der Waals surface area contributed by atoms with Crippen LogP contribution in [0.3, 0.4) is 0 Å². The zero-order valence-corrected chi connectivity index (χ0v) is 13.3. The van der Waals surface area contributed by atoms with Gasteiger partial charge in [-0.25, -0.2) is 0 Å². The number of halogens is 2. The monoisotopic (exact) mass is 312 g/mol. The van der Waals surface area contributed by atoms with Gasteiger partial charge in [0.25, 0.3) is 0 Å². The highest BCUT2D eigenvalue weighted by atomic mass is 35.5. The van der Waals surface area contributed by atoms with Crippen LogP contribution in [0.15, 0.2) is 18.2 Å². The summed E-state index contributed by atoms with van der Waals surface area (Å²) in [5.41, 5.74) is 6.87. The van der Waals surface area contributed by atoms with Gasteiger partial charge in [-0.1, -0.05) is 35.3 Å². The first-order valence-electron chi connectivity index (χ1n) is 6.34. The molecule has 0 bridgehead atoms. The second-order valence-corrected chi connectivity index (χ2v) is 5.68. The summed E-state index contributed by atoms with van der Waals surface area (Å²) in [4.78, 5) is 0. The van der Waals surface area contributed by atoms with Gasteiger partial charge in [-0.15, -0.1) is 0 Å². The van der Waals surface area contributed by atoms with E-state index in [2.05, 4.69) is 10.5 Å². The van der Waals surface area contributed by atoms with Crippen LogP contribution in [0.1, 0.15) is 28.4 Å². The molecule has 0 fully saturated rings. The molecule has 2 aromatic rings. The Morgan fingerprint density at radius 2 is 2.05 bits per heavy atom. The van der Waals surface area contributed by atoms with Crippen molar-refractivity contribution in [2.24, 2.45) is 12.9 Å². The van der Waals surface area contributed by atoms with E-state index in [0.717, 1.165) is 27.4 Å². The van der Waals surface area contributed by atoms with E-state index in [4.69, 9.17) is 29.0 Å². The summed E-state index contributed by atoms with van der Waals surface area (Å²) < 4.78 is 1.67. The van der Waals surface area contributed by atoms with Crippen LogP contribution in [0.5, 0.6) is 0 Å². The molecule has 1 aromatic carbocycles. The van der Waals surface area contributed by atoms with Crippen molar-refractivity contribution in [2.45, 2.75) is 26.3 Å². The number of rotatable bonds is 4. The Bertz CT molecular complexity index is 622. The second-order valence-electron chi connectivity index (χ2n) is 4.91. The third-order valence-corrected chi connectivity index (χ3v) is 4.36. The van der Waals surface area contributed by atoms with Crippen molar-refractivity contribution in [3.05, 3.63) is 50.8 Å². The van der Waals surface area contributed by atoms with Crippen molar-refractivity contribution in [1.82, 2.24) is 15.2 Å². The summed E-state index contributed by atoms with van der Waals surface area (Å²) in [6, 6.07) is 5.85. The van der Waals surface area contributed by atoms with Crippen LogP contribution in [-0.4, -0.2) is 9.78 Å². The number of nitrogens with one attached hydrogen (secondary N) is 1. The maximum Gasteiger partial charge on any atom is 0.130 e. The number of hydrogen-bond acceptors (Lipinski definition) is 3. The minimum absolute atomic E-state index is 0.0358. The molecule has 0 aliphatic carbocycles. The van der Waals surface area contributed by atoms with Gasteiger partial charge < -0.3 is 0 Å². The smallest absolute Gasteiger partial charge is 0.130 e. The number of nitrogens with zero attached hydrogens (tertiary/aromatic N) is 2. The quantitative estimate of drug-likeness (QED) is 0.674. The highest BCUT2D eigenvalue weighted by Crippen LogP contribution is 2.27. The molecular weight excluding hydrogens is 295 g/mol. The topological polar surface area (TPSA) is 55.9 Å². The molecule has 108 valence electrons. The van der Waals surface area contributed by atoms with Gasteiger partial charge in [-0.3, -0.25) is 16.0 Å². The number of hydrogen-bond donors (Lipinski definition) is 2. The van der Waals surface area contributed by atoms with Gasteiger partial charge >= 0.3 is 0 Å². The zero-order valence-electron chi connectivity index (χ0n) is 11.7. The fourth-order valence-corrected chi connectivity index (χ4v) is 2.64. The normalized spacial score (nSPS) is 12.7. The molecule has 1 unspecified atom stereocenters. The number of aromatic nitrogens is 2. The molecule has 1 aromatic heterocycles. The average molecular weight is 313 g/mol. The molecule has 1 atom stereocenters. The van der Waals surface area contributed by atoms with Gasteiger partial charge in [-0.05, 0) is 37.5 Å². The van der Waals surface area contributed by atoms with E-state index in [9.17, 15) is 0 Å². The average Bonchev–Trinajstić information content (AvgIpc) is 2.65. The first kappa shape index (κ1) is 15.3.